The van der Waals surface area contributed by atoms with Crippen LogP contribution in [0.15, 0.2) is 46.8 Å². The maximum Gasteiger partial charge on any atom is 0.264 e. The van der Waals surface area contributed by atoms with Crippen LogP contribution in [0.2, 0.25) is 0 Å². The van der Waals surface area contributed by atoms with E-state index in [-0.39, 0.29) is 5.91 Å². The number of amidine groups is 1. The summed E-state index contributed by atoms with van der Waals surface area (Å²) in [4.78, 5) is 21.7. The maximum atomic E-state index is 12.2. The molecule has 0 bridgehead atoms. The molecule has 2 aromatic rings. The minimum atomic E-state index is -0.165. The van der Waals surface area contributed by atoms with Gasteiger partial charge in [0.1, 0.15) is 5.75 Å². The second-order valence-electron chi connectivity index (χ2n) is 5.19. The number of thioether (sulfide) groups is 1. The van der Waals surface area contributed by atoms with Crippen molar-refractivity contribution in [3.63, 3.8) is 0 Å². The summed E-state index contributed by atoms with van der Waals surface area (Å²) in [6.45, 7) is 5.64. The average Bonchev–Trinajstić information content (AvgIpc) is 3.19. The second-order valence-corrected chi connectivity index (χ2v) is 7.23. The Morgan fingerprint density at radius 3 is 2.73 bits per heavy atom. The van der Waals surface area contributed by atoms with Crippen LogP contribution in [0.4, 0.5) is 5.13 Å². The van der Waals surface area contributed by atoms with E-state index in [9.17, 15) is 4.79 Å². The number of methoxy groups -OCH3 is 1. The lowest BCUT2D eigenvalue weighted by Crippen LogP contribution is -2.20. The molecule has 1 aromatic heterocycles. The highest BCUT2D eigenvalue weighted by molar-refractivity contribution is 8.18. The summed E-state index contributed by atoms with van der Waals surface area (Å²) in [7, 11) is 1.62. The van der Waals surface area contributed by atoms with Crippen molar-refractivity contribution in [3.8, 4) is 5.75 Å². The molecule has 1 N–H and O–H groups in total. The fourth-order valence-corrected chi connectivity index (χ4v) is 4.02. The van der Waals surface area contributed by atoms with Crippen molar-refractivity contribution in [2.75, 3.05) is 7.11 Å². The number of amides is 1. The summed E-state index contributed by atoms with van der Waals surface area (Å²) >= 11 is 2.75. The van der Waals surface area contributed by atoms with E-state index in [1.54, 1.807) is 13.2 Å². The SMILES string of the molecule is C=C/C=c1/sc(N=C2NC(=O)/C(=C\c3ccc(OC)cc3)S2)n/c1=C/C. The number of carbonyl (C=O) groups excluding carboxylic acids is 1. The van der Waals surface area contributed by atoms with Crippen LogP contribution in [0.3, 0.4) is 0 Å². The van der Waals surface area contributed by atoms with Gasteiger partial charge in [0, 0.05) is 0 Å². The minimum absolute atomic E-state index is 0.165. The van der Waals surface area contributed by atoms with Crippen LogP contribution in [-0.4, -0.2) is 23.2 Å². The Labute approximate surface area is 159 Å². The van der Waals surface area contributed by atoms with Crippen LogP contribution in [0.25, 0.3) is 18.2 Å². The molecule has 26 heavy (non-hydrogen) atoms. The number of hydrogen-bond donors (Lipinski definition) is 1. The summed E-state index contributed by atoms with van der Waals surface area (Å²) < 4.78 is 6.13. The monoisotopic (exact) mass is 383 g/mol. The molecule has 1 aliphatic rings. The second kappa shape index (κ2) is 8.16. The molecular formula is C19H17N3O2S2. The number of rotatable bonds is 4. The molecule has 1 aliphatic heterocycles. The highest BCUT2D eigenvalue weighted by Crippen LogP contribution is 2.28. The van der Waals surface area contributed by atoms with Crippen molar-refractivity contribution in [1.82, 2.24) is 10.3 Å². The average molecular weight is 383 g/mol. The lowest BCUT2D eigenvalue weighted by molar-refractivity contribution is -0.115. The van der Waals surface area contributed by atoms with Crippen molar-refractivity contribution in [3.05, 3.63) is 57.3 Å². The van der Waals surface area contributed by atoms with Gasteiger partial charge in [-0.15, -0.1) is 0 Å². The van der Waals surface area contributed by atoms with Gasteiger partial charge in [0.15, 0.2) is 5.17 Å². The summed E-state index contributed by atoms with van der Waals surface area (Å²) in [6, 6.07) is 7.51. The molecule has 0 spiro atoms. The van der Waals surface area contributed by atoms with Crippen LogP contribution < -0.4 is 19.9 Å². The topological polar surface area (TPSA) is 63.6 Å². The Balaban J connectivity index is 1.85. The first-order valence-electron chi connectivity index (χ1n) is 7.82. The van der Waals surface area contributed by atoms with Gasteiger partial charge in [-0.3, -0.25) is 4.79 Å². The first-order valence-corrected chi connectivity index (χ1v) is 9.46. The third-order valence-corrected chi connectivity index (χ3v) is 5.31. The smallest absolute Gasteiger partial charge is 0.264 e. The van der Waals surface area contributed by atoms with E-state index in [1.807, 2.05) is 49.4 Å². The molecule has 0 aliphatic carbocycles. The highest BCUT2D eigenvalue weighted by Gasteiger charge is 2.24. The largest absolute Gasteiger partial charge is 0.497 e. The number of ether oxygens (including phenoxy) is 1. The van der Waals surface area contributed by atoms with E-state index >= 15 is 0 Å². The van der Waals surface area contributed by atoms with Gasteiger partial charge in [-0.1, -0.05) is 42.2 Å². The molecule has 0 unspecified atom stereocenters. The van der Waals surface area contributed by atoms with Crippen molar-refractivity contribution in [2.45, 2.75) is 6.92 Å². The molecule has 7 heteroatoms. The number of benzene rings is 1. The fraction of sp³-hybridized carbons (Fsp3) is 0.105. The zero-order valence-corrected chi connectivity index (χ0v) is 16.0. The molecule has 0 radical (unpaired) electrons. The van der Waals surface area contributed by atoms with Gasteiger partial charge in [0.2, 0.25) is 5.13 Å². The van der Waals surface area contributed by atoms with Crippen molar-refractivity contribution >= 4 is 57.5 Å². The Bertz CT molecular complexity index is 1020. The van der Waals surface area contributed by atoms with Crippen LogP contribution in [0.1, 0.15) is 12.5 Å². The zero-order valence-electron chi connectivity index (χ0n) is 14.4. The lowest BCUT2D eigenvalue weighted by atomic mass is 10.2. The molecule has 132 valence electrons. The summed E-state index contributed by atoms with van der Waals surface area (Å²) in [6.07, 6.45) is 7.36. The lowest BCUT2D eigenvalue weighted by Gasteiger charge is -1.99. The van der Waals surface area contributed by atoms with E-state index in [0.717, 1.165) is 21.2 Å². The quantitative estimate of drug-likeness (QED) is 0.825. The van der Waals surface area contributed by atoms with Crippen LogP contribution in [-0.2, 0) is 4.79 Å². The molecule has 1 amide bonds. The van der Waals surface area contributed by atoms with E-state index in [0.29, 0.717) is 15.2 Å². The third-order valence-electron chi connectivity index (χ3n) is 3.47. The van der Waals surface area contributed by atoms with Crippen LogP contribution in [0, 0.1) is 0 Å². The molecule has 2 heterocycles. The Morgan fingerprint density at radius 1 is 1.31 bits per heavy atom. The predicted octanol–water partition coefficient (Wildman–Crippen LogP) is 2.81. The number of hydrogen-bond acceptors (Lipinski definition) is 6. The van der Waals surface area contributed by atoms with E-state index in [4.69, 9.17) is 4.74 Å². The number of carbonyl (C=O) groups is 1. The minimum Gasteiger partial charge on any atom is -0.497 e. The van der Waals surface area contributed by atoms with Gasteiger partial charge in [0.05, 0.1) is 21.9 Å². The van der Waals surface area contributed by atoms with Gasteiger partial charge in [-0.05, 0) is 48.5 Å². The standard InChI is InChI=1S/C19H17N3O2S2/c1-4-6-15-14(5-2)20-18(25-15)22-19-21-17(23)16(26-19)11-12-7-9-13(24-3)10-8-12/h4-11H,1H2,2-3H3,(H,20,21,22,23)/b14-5+,15-6+,16-11+. The molecular weight excluding hydrogens is 366 g/mol. The van der Waals surface area contributed by atoms with Crippen molar-refractivity contribution in [2.24, 2.45) is 4.99 Å². The number of nitrogens with one attached hydrogen (secondary N) is 1. The Hall–Kier alpha value is -2.64. The number of nitrogens with zero attached hydrogens (tertiary/aromatic N) is 2. The molecule has 1 fully saturated rings. The Morgan fingerprint density at radius 2 is 2.08 bits per heavy atom. The highest BCUT2D eigenvalue weighted by atomic mass is 32.2. The predicted molar refractivity (Wildman–Crippen MR) is 110 cm³/mol. The third kappa shape index (κ3) is 4.12. The number of aliphatic imine (C=N–C) groups is 1. The van der Waals surface area contributed by atoms with Crippen LogP contribution >= 0.6 is 23.1 Å². The van der Waals surface area contributed by atoms with E-state index in [1.165, 1.54) is 23.1 Å². The maximum absolute atomic E-state index is 12.2. The van der Waals surface area contributed by atoms with Gasteiger partial charge >= 0.3 is 0 Å². The fourth-order valence-electron chi connectivity index (χ4n) is 2.23. The molecule has 1 aromatic carbocycles. The number of thiazole rings is 1. The molecule has 5 nitrogen and oxygen atoms in total. The zero-order chi connectivity index (χ0) is 18.5. The van der Waals surface area contributed by atoms with Gasteiger partial charge < -0.3 is 10.1 Å². The van der Waals surface area contributed by atoms with Crippen LogP contribution in [0.5, 0.6) is 5.75 Å². The molecule has 1 saturated heterocycles. The first kappa shape index (κ1) is 18.2. The normalized spacial score (nSPS) is 18.6. The van der Waals surface area contributed by atoms with Crippen molar-refractivity contribution < 1.29 is 9.53 Å². The molecule has 3 rings (SSSR count). The summed E-state index contributed by atoms with van der Waals surface area (Å²) in [5.74, 6) is 0.610. The molecule has 0 atom stereocenters. The summed E-state index contributed by atoms with van der Waals surface area (Å²) in [5.41, 5.74) is 0.921. The summed E-state index contributed by atoms with van der Waals surface area (Å²) in [5, 5.41) is 4.76. The number of allylic oxidation sites excluding steroid dienone is 1. The van der Waals surface area contributed by atoms with E-state index in [2.05, 4.69) is 21.9 Å². The molecule has 0 saturated carbocycles. The number of aromatic nitrogens is 1. The van der Waals surface area contributed by atoms with E-state index < -0.39 is 0 Å². The van der Waals surface area contributed by atoms with Crippen molar-refractivity contribution in [1.29, 1.82) is 0 Å². The van der Waals surface area contributed by atoms with Gasteiger partial charge in [-0.2, -0.15) is 4.99 Å². The first-order chi connectivity index (χ1) is 12.6. The van der Waals surface area contributed by atoms with Gasteiger partial charge in [0.25, 0.3) is 5.91 Å². The van der Waals surface area contributed by atoms with Gasteiger partial charge in [-0.25, -0.2) is 4.98 Å². The Kier molecular flexibility index (Phi) is 5.70.